The van der Waals surface area contributed by atoms with Crippen molar-refractivity contribution in [3.8, 4) is 17.2 Å². The van der Waals surface area contributed by atoms with Gasteiger partial charge >= 0.3 is 0 Å². The highest BCUT2D eigenvalue weighted by atomic mass is 16.7. The van der Waals surface area contributed by atoms with Crippen molar-refractivity contribution in [3.05, 3.63) is 69.7 Å². The summed E-state index contributed by atoms with van der Waals surface area (Å²) < 4.78 is 24.1. The molecule has 330 valence electrons. The van der Waals surface area contributed by atoms with Crippen LogP contribution in [0.15, 0.2) is 35.8 Å². The number of carbonyl (C=O) groups is 3. The van der Waals surface area contributed by atoms with Crippen LogP contribution in [0.5, 0.6) is 17.2 Å². The van der Waals surface area contributed by atoms with Gasteiger partial charge < -0.3 is 75.8 Å². The Balaban J connectivity index is 0.000000194. The van der Waals surface area contributed by atoms with Gasteiger partial charge in [0.15, 0.2) is 35.7 Å². The van der Waals surface area contributed by atoms with Crippen molar-refractivity contribution in [2.45, 2.75) is 87.0 Å². The Hall–Kier alpha value is -5.66. The van der Waals surface area contributed by atoms with E-state index in [1.165, 1.54) is 31.6 Å². The number of nitrogens with two attached hydrogens (primary N) is 2. The summed E-state index contributed by atoms with van der Waals surface area (Å²) in [5.74, 6) is -2.89. The fraction of sp³-hybridized carbons (Fsp3) is 0.450. The van der Waals surface area contributed by atoms with E-state index in [2.05, 4.69) is 15.1 Å². The summed E-state index contributed by atoms with van der Waals surface area (Å²) in [5, 5.41) is 89.5. The van der Waals surface area contributed by atoms with Crippen LogP contribution in [-0.4, -0.2) is 154 Å². The molecule has 10 atom stereocenters. The Morgan fingerprint density at radius 3 is 2.39 bits per heavy atom. The number of hydrazone groups is 1. The van der Waals surface area contributed by atoms with Crippen molar-refractivity contribution in [1.82, 2.24) is 14.5 Å². The Labute approximate surface area is 351 Å². The van der Waals surface area contributed by atoms with Gasteiger partial charge in [-0.15, -0.1) is 0 Å². The molecule has 2 aromatic carbocycles. The number of nitrogens with zero attached hydrogens (tertiary/aromatic N) is 5. The van der Waals surface area contributed by atoms with E-state index in [4.69, 9.17) is 30.4 Å². The Morgan fingerprint density at radius 2 is 1.73 bits per heavy atom. The second kappa shape index (κ2) is 15.9. The molecule has 0 spiro atoms. The quantitative estimate of drug-likeness (QED) is 0.0800. The van der Waals surface area contributed by atoms with Gasteiger partial charge in [-0.25, -0.2) is 15.0 Å². The first kappa shape index (κ1) is 43.0. The fourth-order valence-electron chi connectivity index (χ4n) is 8.83. The van der Waals surface area contributed by atoms with Gasteiger partial charge in [0, 0.05) is 60.8 Å². The summed E-state index contributed by atoms with van der Waals surface area (Å²) in [5.41, 5.74) is 9.48. The minimum atomic E-state index is -2.24. The number of anilines is 1. The van der Waals surface area contributed by atoms with Gasteiger partial charge in [0.25, 0.3) is 0 Å². The highest BCUT2D eigenvalue weighted by molar-refractivity contribution is 6.31. The van der Waals surface area contributed by atoms with Crippen LogP contribution in [0.1, 0.15) is 80.6 Å². The van der Waals surface area contributed by atoms with E-state index in [1.807, 2.05) is 0 Å². The van der Waals surface area contributed by atoms with E-state index < -0.39 is 127 Å². The highest BCUT2D eigenvalue weighted by Crippen LogP contribution is 2.52. The number of amidine groups is 1. The number of aliphatic hydroxyl groups is 6. The summed E-state index contributed by atoms with van der Waals surface area (Å²) in [6, 6.07) is 3.64. The van der Waals surface area contributed by atoms with Crippen molar-refractivity contribution in [3.63, 3.8) is 0 Å². The SMILES string of the molecule is CN1N=C(N)c2cn([C@@H]3O[C@H](CO)[C@@H](O)[C@H]3O)c3ncnc1c23.COc1cccc2c1C(=O)c1c(O)c3c(c(O)c1C2=O)C[C@@](O)(C(=O)CO)C[C@@H]3O[C@H]1C[C@H](N)[C@H](O)[C@H](C)O1. The van der Waals surface area contributed by atoms with E-state index >= 15 is 0 Å². The molecule has 3 aliphatic heterocycles. The molecule has 2 saturated heterocycles. The number of aromatic hydroxyl groups is 2. The van der Waals surface area contributed by atoms with E-state index in [9.17, 15) is 55.2 Å². The molecule has 12 N–H and O–H groups in total. The van der Waals surface area contributed by atoms with Crippen LogP contribution in [0.2, 0.25) is 0 Å². The molecule has 2 fully saturated rings. The van der Waals surface area contributed by atoms with Crippen LogP contribution in [0.25, 0.3) is 11.0 Å². The maximum atomic E-state index is 13.6. The number of rotatable bonds is 7. The number of aliphatic hydroxyl groups excluding tert-OH is 5. The van der Waals surface area contributed by atoms with Crippen molar-refractivity contribution < 1.29 is 74.2 Å². The Kier molecular flexibility index (Phi) is 11.0. The first-order valence-corrected chi connectivity index (χ1v) is 19.5. The van der Waals surface area contributed by atoms with Crippen molar-refractivity contribution >= 4 is 40.0 Å². The Morgan fingerprint density at radius 1 is 1.00 bits per heavy atom. The molecule has 9 rings (SSSR count). The van der Waals surface area contributed by atoms with Gasteiger partial charge in [-0.3, -0.25) is 14.4 Å². The van der Waals surface area contributed by atoms with Crippen LogP contribution < -0.4 is 21.2 Å². The number of carbonyl (C=O) groups excluding carboxylic acids is 3. The zero-order valence-electron chi connectivity index (χ0n) is 33.4. The second-order valence-corrected chi connectivity index (χ2v) is 15.7. The molecule has 62 heavy (non-hydrogen) atoms. The molecule has 2 aromatic heterocycles. The zero-order chi connectivity index (χ0) is 44.7. The number of benzene rings is 2. The number of phenolic OH excluding ortho intramolecular Hbond substituents is 2. The number of hydrogen-bond acceptors (Lipinski definition) is 21. The molecule has 2 aliphatic carbocycles. The van der Waals surface area contributed by atoms with Gasteiger partial charge in [0.05, 0.1) is 54.1 Å². The van der Waals surface area contributed by atoms with Gasteiger partial charge in [-0.2, -0.15) is 5.10 Å². The van der Waals surface area contributed by atoms with Gasteiger partial charge in [0.2, 0.25) is 5.78 Å². The predicted molar refractivity (Wildman–Crippen MR) is 211 cm³/mol. The number of hydrogen-bond donors (Lipinski definition) is 10. The zero-order valence-corrected chi connectivity index (χ0v) is 33.4. The van der Waals surface area contributed by atoms with Gasteiger partial charge in [-0.05, 0) is 13.0 Å². The number of ketones is 3. The van der Waals surface area contributed by atoms with Crippen LogP contribution >= 0.6 is 0 Å². The lowest BCUT2D eigenvalue weighted by molar-refractivity contribution is -0.247. The molecular weight excluding hydrogens is 818 g/mol. The lowest BCUT2D eigenvalue weighted by atomic mass is 9.72. The molecule has 5 aliphatic rings. The number of aromatic nitrogens is 3. The molecule has 0 bridgehead atoms. The predicted octanol–water partition coefficient (Wildman–Crippen LogP) is -1.89. The highest BCUT2D eigenvalue weighted by Gasteiger charge is 2.50. The van der Waals surface area contributed by atoms with E-state index in [0.29, 0.717) is 28.3 Å². The minimum Gasteiger partial charge on any atom is -0.507 e. The average Bonchev–Trinajstić information content (AvgIpc) is 3.78. The Bertz CT molecular complexity index is 2520. The molecule has 0 saturated carbocycles. The van der Waals surface area contributed by atoms with Crippen LogP contribution in [0.3, 0.4) is 0 Å². The molecule has 0 amide bonds. The molecule has 22 nitrogen and oxygen atoms in total. The number of phenols is 2. The molecule has 0 unspecified atom stereocenters. The third-order valence-electron chi connectivity index (χ3n) is 12.0. The topological polar surface area (TPSA) is 348 Å². The number of Topliss-reactive ketones (excluding diaryl/α,β-unsaturated/α-hetero) is 1. The monoisotopic (exact) mass is 863 g/mol. The normalized spacial score (nSPS) is 29.9. The maximum absolute atomic E-state index is 13.6. The van der Waals surface area contributed by atoms with Crippen LogP contribution in [-0.2, 0) is 25.4 Å². The lowest BCUT2D eigenvalue weighted by Crippen LogP contribution is -2.53. The van der Waals surface area contributed by atoms with Crippen molar-refractivity contribution in [1.29, 1.82) is 0 Å². The average molecular weight is 864 g/mol. The van der Waals surface area contributed by atoms with Gasteiger partial charge in [0.1, 0.15) is 59.7 Å². The standard InChI is InChI=1S/C27H29NO11.C13H16N6O4/c1-10-22(31)13(28)6-17(38-10)39-15-8-27(36,16(30)9-29)7-12-19(15)26(35)21-20(24(12)33)23(32)11-4-3-5-14(37-2)18(11)25(21)34;1-18-11-7-5(10(14)17-18)2-19(12(7)16-4-15-11)13-9(22)8(21)6(3-20)23-13/h3-5,10,13,15,17,22,29,31,33,35-36H,6-9,28H2,1-2H3;2,4,6,8-9,13,20-22H,3H2,1H3,(H2,14,17)/t10-,13-,15-,17-,22+,27-;6-,8-,9-,13-/m01/s1. The molecule has 0 radical (unpaired) electrons. The summed E-state index contributed by atoms with van der Waals surface area (Å²) in [4.78, 5) is 48.2. The maximum Gasteiger partial charge on any atom is 0.202 e. The lowest BCUT2D eigenvalue weighted by Gasteiger charge is -2.42. The third-order valence-corrected chi connectivity index (χ3v) is 12.0. The first-order chi connectivity index (χ1) is 29.5. The second-order valence-electron chi connectivity index (χ2n) is 15.7. The number of ether oxygens (including phenoxy) is 4. The van der Waals surface area contributed by atoms with Gasteiger partial charge in [-0.1, -0.05) is 12.1 Å². The first-order valence-electron chi connectivity index (χ1n) is 19.5. The molecule has 22 heteroatoms. The van der Waals surface area contributed by atoms with E-state index in [0.717, 1.165) is 0 Å². The molecule has 4 aromatic rings. The number of methoxy groups -OCH3 is 1. The summed E-state index contributed by atoms with van der Waals surface area (Å²) in [6.45, 7) is 0.164. The van der Waals surface area contributed by atoms with E-state index in [1.54, 1.807) is 29.7 Å². The third kappa shape index (κ3) is 6.66. The fourth-order valence-corrected chi connectivity index (χ4v) is 8.83. The van der Waals surface area contributed by atoms with Crippen LogP contribution in [0.4, 0.5) is 5.82 Å². The summed E-state index contributed by atoms with van der Waals surface area (Å²) in [7, 11) is 3.05. The van der Waals surface area contributed by atoms with E-state index in [-0.39, 0.29) is 34.4 Å². The van der Waals surface area contributed by atoms with Crippen LogP contribution in [0, 0.1) is 0 Å². The van der Waals surface area contributed by atoms with Crippen molar-refractivity contribution in [2.24, 2.45) is 16.6 Å². The summed E-state index contributed by atoms with van der Waals surface area (Å²) in [6.07, 6.45) is -6.23. The largest absolute Gasteiger partial charge is 0.507 e. The minimum absolute atomic E-state index is 0.0173. The van der Waals surface area contributed by atoms with Crippen molar-refractivity contribution in [2.75, 3.05) is 32.4 Å². The molecule has 5 heterocycles. The molecular formula is C40H45N7O15. The number of fused-ring (bicyclic) bond motifs is 3. The summed E-state index contributed by atoms with van der Waals surface area (Å²) >= 11 is 0. The smallest absolute Gasteiger partial charge is 0.202 e.